The number of piperidine rings is 2. The van der Waals surface area contributed by atoms with Gasteiger partial charge in [0, 0.05) is 37.3 Å². The van der Waals surface area contributed by atoms with Crippen LogP contribution in [0.5, 0.6) is 0 Å². The van der Waals surface area contributed by atoms with Crippen molar-refractivity contribution in [3.63, 3.8) is 0 Å². The van der Waals surface area contributed by atoms with Crippen LogP contribution in [0.15, 0.2) is 33.9 Å². The van der Waals surface area contributed by atoms with E-state index >= 15 is 0 Å². The first-order chi connectivity index (χ1) is 18.1. The monoisotopic (exact) mass is 534 g/mol. The number of hydrogen-bond donors (Lipinski definition) is 2. The smallest absolute Gasteiger partial charge is 0.414 e. The first kappa shape index (κ1) is 29.2. The van der Waals surface area contributed by atoms with E-state index in [4.69, 9.17) is 24.5 Å². The molecule has 11 nitrogen and oxygen atoms in total. The van der Waals surface area contributed by atoms with Gasteiger partial charge in [-0.1, -0.05) is 24.6 Å². The van der Waals surface area contributed by atoms with E-state index in [0.717, 1.165) is 38.6 Å². The van der Waals surface area contributed by atoms with Gasteiger partial charge in [0.25, 0.3) is 0 Å². The molecule has 2 atom stereocenters. The fourth-order valence-electron chi connectivity index (χ4n) is 5.34. The van der Waals surface area contributed by atoms with Crippen molar-refractivity contribution in [1.82, 2.24) is 19.0 Å². The Morgan fingerprint density at radius 2 is 1.68 bits per heavy atom. The van der Waals surface area contributed by atoms with Crippen LogP contribution >= 0.6 is 0 Å². The second kappa shape index (κ2) is 13.4. The Hall–Kier alpha value is -3.38. The summed E-state index contributed by atoms with van der Waals surface area (Å²) in [7, 11) is 0. The minimum Gasteiger partial charge on any atom is -0.473 e. The molecule has 0 saturated carbocycles. The lowest BCUT2D eigenvalue weighted by molar-refractivity contribution is -0.159. The number of aryl methyl sites for hydroxylation is 1. The number of rotatable bonds is 8. The van der Waals surface area contributed by atoms with Crippen molar-refractivity contribution in [2.75, 3.05) is 6.54 Å². The number of benzene rings is 1. The zero-order chi connectivity index (χ0) is 27.8. The Bertz CT molecular complexity index is 1220. The molecular formula is C26H35FN4O7. The minimum absolute atomic E-state index is 0.141. The lowest BCUT2D eigenvalue weighted by Gasteiger charge is -2.48. The minimum atomic E-state index is -1.82. The molecule has 2 aromatic rings. The molecule has 0 radical (unpaired) electrons. The second-order valence-electron chi connectivity index (χ2n) is 9.56. The van der Waals surface area contributed by atoms with Gasteiger partial charge in [0.15, 0.2) is 0 Å². The first-order valence-electron chi connectivity index (χ1n) is 12.9. The number of nitrogens with zero attached hydrogens (tertiary/aromatic N) is 4. The summed E-state index contributed by atoms with van der Waals surface area (Å²) >= 11 is 0. The highest BCUT2D eigenvalue weighted by molar-refractivity contribution is 6.27. The highest BCUT2D eigenvalue weighted by Gasteiger charge is 2.38. The third-order valence-corrected chi connectivity index (χ3v) is 7.15. The van der Waals surface area contributed by atoms with Crippen molar-refractivity contribution >= 4 is 11.9 Å². The van der Waals surface area contributed by atoms with Crippen LogP contribution in [-0.4, -0.2) is 65.9 Å². The number of carbonyl (C=O) groups is 2. The van der Waals surface area contributed by atoms with E-state index in [2.05, 4.69) is 9.88 Å². The topological polar surface area (TPSA) is 144 Å². The van der Waals surface area contributed by atoms with Crippen molar-refractivity contribution in [3.05, 3.63) is 62.4 Å². The number of aromatic nitrogens is 3. The Kier molecular flexibility index (Phi) is 10.3. The van der Waals surface area contributed by atoms with Gasteiger partial charge in [0.1, 0.15) is 11.6 Å². The van der Waals surface area contributed by atoms with Crippen LogP contribution in [0, 0.1) is 12.7 Å². The molecule has 38 heavy (non-hydrogen) atoms. The molecule has 0 spiro atoms. The molecule has 1 aromatic carbocycles. The molecule has 2 aliphatic heterocycles. The van der Waals surface area contributed by atoms with Crippen LogP contribution in [0.4, 0.5) is 4.39 Å². The van der Waals surface area contributed by atoms with E-state index in [-0.39, 0.29) is 17.6 Å². The number of fused-ring (bicyclic) bond motifs is 2. The van der Waals surface area contributed by atoms with Gasteiger partial charge in [-0.3, -0.25) is 9.47 Å². The second-order valence-corrected chi connectivity index (χ2v) is 9.56. The highest BCUT2D eigenvalue weighted by atomic mass is 19.1. The van der Waals surface area contributed by atoms with Crippen molar-refractivity contribution in [2.24, 2.45) is 0 Å². The standard InChI is InChI=1S/C24H33FN4O3.C2H2O4/c1-3-27-17(2)26-23(30)29(24(27)31)13-7-12-28-19-9-6-10-20(28)15-21(14-19)32-16-18-8-4-5-11-22(18)25;3-1(4)2(5)6/h4-5,8,11,19-21H,3,6-7,9-10,12-16H2,1-2H3;(H,3,4)(H,5,6). The van der Waals surface area contributed by atoms with Crippen molar-refractivity contribution < 1.29 is 28.9 Å². The molecule has 2 fully saturated rings. The third kappa shape index (κ3) is 7.35. The van der Waals surface area contributed by atoms with Crippen LogP contribution in [0.2, 0.25) is 0 Å². The van der Waals surface area contributed by atoms with Gasteiger partial charge in [-0.2, -0.15) is 4.98 Å². The average molecular weight is 535 g/mol. The summed E-state index contributed by atoms with van der Waals surface area (Å²) in [6.45, 7) is 5.61. The summed E-state index contributed by atoms with van der Waals surface area (Å²) in [6, 6.07) is 7.66. The molecule has 4 rings (SSSR count). The van der Waals surface area contributed by atoms with E-state index in [0.29, 0.717) is 43.2 Å². The quantitative estimate of drug-likeness (QED) is 0.486. The maximum atomic E-state index is 13.9. The first-order valence-corrected chi connectivity index (χ1v) is 12.9. The van der Waals surface area contributed by atoms with Gasteiger partial charge >= 0.3 is 23.3 Å². The number of aliphatic carboxylic acids is 2. The predicted octanol–water partition coefficient (Wildman–Crippen LogP) is 2.02. The maximum Gasteiger partial charge on any atom is 0.414 e. The Labute approximate surface area is 219 Å². The van der Waals surface area contributed by atoms with Gasteiger partial charge in [0.05, 0.1) is 12.7 Å². The van der Waals surface area contributed by atoms with Crippen LogP contribution in [0.1, 0.15) is 56.8 Å². The van der Waals surface area contributed by atoms with Crippen molar-refractivity contribution in [1.29, 1.82) is 0 Å². The molecule has 3 heterocycles. The van der Waals surface area contributed by atoms with E-state index in [9.17, 15) is 14.0 Å². The Morgan fingerprint density at radius 1 is 1.05 bits per heavy atom. The summed E-state index contributed by atoms with van der Waals surface area (Å²) in [4.78, 5) is 49.6. The molecule has 1 aromatic heterocycles. The largest absolute Gasteiger partial charge is 0.473 e. The number of carboxylic acids is 2. The van der Waals surface area contributed by atoms with Crippen LogP contribution in [0.3, 0.4) is 0 Å². The van der Waals surface area contributed by atoms with Crippen LogP contribution in [0.25, 0.3) is 0 Å². The molecule has 208 valence electrons. The van der Waals surface area contributed by atoms with Crippen molar-refractivity contribution in [2.45, 2.75) is 90.3 Å². The molecule has 12 heteroatoms. The summed E-state index contributed by atoms with van der Waals surface area (Å²) in [5, 5.41) is 14.8. The van der Waals surface area contributed by atoms with Gasteiger partial charge in [0.2, 0.25) is 0 Å². The fourth-order valence-corrected chi connectivity index (χ4v) is 5.34. The van der Waals surface area contributed by atoms with Crippen LogP contribution < -0.4 is 11.4 Å². The van der Waals surface area contributed by atoms with Crippen LogP contribution in [-0.2, 0) is 34.0 Å². The lowest BCUT2D eigenvalue weighted by Crippen LogP contribution is -2.54. The van der Waals surface area contributed by atoms with Gasteiger partial charge in [-0.05, 0) is 52.0 Å². The lowest BCUT2D eigenvalue weighted by atomic mass is 9.82. The molecule has 2 N–H and O–H groups in total. The predicted molar refractivity (Wildman–Crippen MR) is 135 cm³/mol. The third-order valence-electron chi connectivity index (χ3n) is 7.15. The molecule has 0 aliphatic carbocycles. The highest BCUT2D eigenvalue weighted by Crippen LogP contribution is 2.35. The zero-order valence-corrected chi connectivity index (χ0v) is 21.7. The fraction of sp³-hybridized carbons (Fsp3) is 0.577. The van der Waals surface area contributed by atoms with E-state index in [1.807, 2.05) is 13.0 Å². The summed E-state index contributed by atoms with van der Waals surface area (Å²) in [5.74, 6) is -3.40. The number of halogens is 1. The Balaban J connectivity index is 0.000000599. The summed E-state index contributed by atoms with van der Waals surface area (Å²) in [6.07, 6.45) is 6.24. The van der Waals surface area contributed by atoms with E-state index in [1.54, 1.807) is 19.1 Å². The molecule has 2 unspecified atom stereocenters. The SMILES string of the molecule is CCn1c(C)nc(=O)n(CCCN2C3CCCC2CC(OCc2ccccc2F)C3)c1=O.O=C(O)C(=O)O. The molecular weight excluding hydrogens is 499 g/mol. The number of hydrogen-bond acceptors (Lipinski definition) is 7. The number of ether oxygens (including phenoxy) is 1. The molecule has 2 bridgehead atoms. The van der Waals surface area contributed by atoms with Crippen molar-refractivity contribution in [3.8, 4) is 0 Å². The summed E-state index contributed by atoms with van der Waals surface area (Å²) < 4.78 is 22.8. The van der Waals surface area contributed by atoms with E-state index < -0.39 is 17.6 Å². The summed E-state index contributed by atoms with van der Waals surface area (Å²) in [5.41, 5.74) is -0.127. The molecule has 2 aliphatic rings. The van der Waals surface area contributed by atoms with Gasteiger partial charge in [-0.15, -0.1) is 0 Å². The number of carboxylic acid groups (broad SMARTS) is 2. The normalized spacial score (nSPS) is 20.9. The zero-order valence-electron chi connectivity index (χ0n) is 21.7. The van der Waals surface area contributed by atoms with E-state index in [1.165, 1.54) is 21.6 Å². The average Bonchev–Trinajstić information content (AvgIpc) is 2.86. The molecule has 0 amide bonds. The Morgan fingerprint density at radius 3 is 2.26 bits per heavy atom. The van der Waals surface area contributed by atoms with Gasteiger partial charge in [-0.25, -0.2) is 28.1 Å². The van der Waals surface area contributed by atoms with Gasteiger partial charge < -0.3 is 14.9 Å². The molecule has 2 saturated heterocycles. The maximum absolute atomic E-state index is 13.9.